The summed E-state index contributed by atoms with van der Waals surface area (Å²) in [6.07, 6.45) is 2.55. The molecule has 0 fully saturated rings. The summed E-state index contributed by atoms with van der Waals surface area (Å²) in [5, 5.41) is 13.4. The molecule has 0 saturated carbocycles. The average Bonchev–Trinajstić information content (AvgIpc) is 2.88. The number of fused-ring (bicyclic) bond motifs is 1. The zero-order chi connectivity index (χ0) is 14.8. The van der Waals surface area contributed by atoms with E-state index in [9.17, 15) is 9.90 Å². The second-order valence-electron chi connectivity index (χ2n) is 5.06. The Balaban J connectivity index is 1.76. The number of carboxylic acid groups (broad SMARTS) is 1. The number of hydrogen-bond acceptors (Lipinski definition) is 4. The molecule has 4 nitrogen and oxygen atoms in total. The van der Waals surface area contributed by atoms with Crippen molar-refractivity contribution in [2.45, 2.75) is 31.7 Å². The van der Waals surface area contributed by atoms with Crippen LogP contribution in [0.3, 0.4) is 0 Å². The van der Waals surface area contributed by atoms with Crippen LogP contribution in [0, 0.1) is 0 Å². The van der Waals surface area contributed by atoms with Crippen molar-refractivity contribution in [2.24, 2.45) is 0 Å². The van der Waals surface area contributed by atoms with E-state index in [1.54, 1.807) is 11.3 Å². The number of halogens is 1. The molecule has 3 rings (SSSR count). The Morgan fingerprint density at radius 2 is 2.29 bits per heavy atom. The van der Waals surface area contributed by atoms with Gasteiger partial charge in [0.1, 0.15) is 5.92 Å². The average molecular weight is 367 g/mol. The molecule has 0 aliphatic heterocycles. The van der Waals surface area contributed by atoms with E-state index in [2.05, 4.69) is 26.2 Å². The van der Waals surface area contributed by atoms with Crippen molar-refractivity contribution in [3.8, 4) is 0 Å². The SMILES string of the molecule is O=C(O)C1CCCc2sc(NCc3ccccc3Br)nc21. The van der Waals surface area contributed by atoms with Crippen molar-refractivity contribution in [3.05, 3.63) is 44.9 Å². The molecule has 0 amide bonds. The quantitative estimate of drug-likeness (QED) is 0.857. The van der Waals surface area contributed by atoms with Gasteiger partial charge in [-0.2, -0.15) is 0 Å². The van der Waals surface area contributed by atoms with E-state index in [0.717, 1.165) is 38.6 Å². The first-order valence-electron chi connectivity index (χ1n) is 6.85. The summed E-state index contributed by atoms with van der Waals surface area (Å²) < 4.78 is 1.06. The van der Waals surface area contributed by atoms with Gasteiger partial charge in [-0.3, -0.25) is 4.79 Å². The second-order valence-corrected chi connectivity index (χ2v) is 6.99. The van der Waals surface area contributed by atoms with Gasteiger partial charge < -0.3 is 10.4 Å². The number of anilines is 1. The number of aliphatic carboxylic acids is 1. The fourth-order valence-corrected chi connectivity index (χ4v) is 4.03. The Kier molecular flexibility index (Phi) is 4.26. The second kappa shape index (κ2) is 6.15. The van der Waals surface area contributed by atoms with E-state index in [0.29, 0.717) is 13.0 Å². The molecular formula is C15H15BrN2O2S. The minimum Gasteiger partial charge on any atom is -0.481 e. The third-order valence-corrected chi connectivity index (χ3v) is 5.50. The van der Waals surface area contributed by atoms with Gasteiger partial charge in [0, 0.05) is 15.9 Å². The molecule has 0 saturated heterocycles. The number of carboxylic acids is 1. The van der Waals surface area contributed by atoms with E-state index in [1.807, 2.05) is 24.3 Å². The van der Waals surface area contributed by atoms with Crippen molar-refractivity contribution in [1.29, 1.82) is 0 Å². The smallest absolute Gasteiger partial charge is 0.312 e. The van der Waals surface area contributed by atoms with Crippen LogP contribution in [-0.4, -0.2) is 16.1 Å². The van der Waals surface area contributed by atoms with Gasteiger partial charge in [-0.15, -0.1) is 11.3 Å². The fraction of sp³-hybridized carbons (Fsp3) is 0.333. The molecule has 0 bridgehead atoms. The number of benzene rings is 1. The van der Waals surface area contributed by atoms with Crippen LogP contribution in [0.4, 0.5) is 5.13 Å². The summed E-state index contributed by atoms with van der Waals surface area (Å²) >= 11 is 5.10. The Morgan fingerprint density at radius 3 is 3.05 bits per heavy atom. The highest BCUT2D eigenvalue weighted by atomic mass is 79.9. The molecule has 0 radical (unpaired) electrons. The Labute approximate surface area is 135 Å². The van der Waals surface area contributed by atoms with Gasteiger partial charge in [-0.1, -0.05) is 34.1 Å². The highest BCUT2D eigenvalue weighted by Gasteiger charge is 2.29. The number of aromatic nitrogens is 1. The highest BCUT2D eigenvalue weighted by Crippen LogP contribution is 2.37. The van der Waals surface area contributed by atoms with Crippen LogP contribution in [0.2, 0.25) is 0 Å². The minimum atomic E-state index is -0.765. The molecule has 1 atom stereocenters. The highest BCUT2D eigenvalue weighted by molar-refractivity contribution is 9.10. The zero-order valence-corrected chi connectivity index (χ0v) is 13.7. The van der Waals surface area contributed by atoms with Crippen LogP contribution in [-0.2, 0) is 17.8 Å². The molecule has 1 unspecified atom stereocenters. The predicted molar refractivity (Wildman–Crippen MR) is 86.9 cm³/mol. The van der Waals surface area contributed by atoms with Gasteiger partial charge in [0.05, 0.1) is 5.69 Å². The fourth-order valence-electron chi connectivity index (χ4n) is 2.55. The van der Waals surface area contributed by atoms with Crippen molar-refractivity contribution < 1.29 is 9.90 Å². The van der Waals surface area contributed by atoms with Crippen molar-refractivity contribution in [3.63, 3.8) is 0 Å². The number of aryl methyl sites for hydroxylation is 1. The van der Waals surface area contributed by atoms with E-state index in [4.69, 9.17) is 0 Å². The maximum absolute atomic E-state index is 11.3. The zero-order valence-electron chi connectivity index (χ0n) is 11.3. The van der Waals surface area contributed by atoms with E-state index >= 15 is 0 Å². The monoisotopic (exact) mass is 366 g/mol. The molecule has 2 aromatic rings. The Bertz CT molecular complexity index is 671. The molecule has 2 N–H and O–H groups in total. The first-order chi connectivity index (χ1) is 10.1. The van der Waals surface area contributed by atoms with Crippen LogP contribution in [0.25, 0.3) is 0 Å². The largest absolute Gasteiger partial charge is 0.481 e. The van der Waals surface area contributed by atoms with E-state index < -0.39 is 11.9 Å². The maximum atomic E-state index is 11.3. The third kappa shape index (κ3) is 3.11. The summed E-state index contributed by atoms with van der Waals surface area (Å²) in [6, 6.07) is 8.03. The van der Waals surface area contributed by atoms with Gasteiger partial charge >= 0.3 is 5.97 Å². The minimum absolute atomic E-state index is 0.441. The molecule has 1 aliphatic rings. The normalized spacial score (nSPS) is 17.3. The number of nitrogens with zero attached hydrogens (tertiary/aromatic N) is 1. The molecule has 6 heteroatoms. The molecule has 21 heavy (non-hydrogen) atoms. The van der Waals surface area contributed by atoms with Crippen LogP contribution in [0.5, 0.6) is 0 Å². The van der Waals surface area contributed by atoms with Crippen molar-refractivity contribution in [2.75, 3.05) is 5.32 Å². The lowest BCUT2D eigenvalue weighted by molar-refractivity contribution is -0.139. The summed E-state index contributed by atoms with van der Waals surface area (Å²) in [4.78, 5) is 16.9. The summed E-state index contributed by atoms with van der Waals surface area (Å²) in [5.41, 5.74) is 1.91. The number of carbonyl (C=O) groups is 1. The van der Waals surface area contributed by atoms with Crippen LogP contribution in [0.1, 0.15) is 34.9 Å². The lowest BCUT2D eigenvalue weighted by Crippen LogP contribution is -2.17. The van der Waals surface area contributed by atoms with Crippen molar-refractivity contribution in [1.82, 2.24) is 4.98 Å². The number of thiazole rings is 1. The Morgan fingerprint density at radius 1 is 1.48 bits per heavy atom. The lowest BCUT2D eigenvalue weighted by Gasteiger charge is -2.16. The summed E-state index contributed by atoms with van der Waals surface area (Å²) in [5.74, 6) is -1.21. The van der Waals surface area contributed by atoms with Crippen LogP contribution in [0.15, 0.2) is 28.7 Å². The van der Waals surface area contributed by atoms with Crippen LogP contribution < -0.4 is 5.32 Å². The van der Waals surface area contributed by atoms with Gasteiger partial charge in [0.25, 0.3) is 0 Å². The number of rotatable bonds is 4. The molecule has 0 spiro atoms. The van der Waals surface area contributed by atoms with E-state index in [1.165, 1.54) is 0 Å². The molecule has 1 heterocycles. The number of nitrogens with one attached hydrogen (secondary N) is 1. The lowest BCUT2D eigenvalue weighted by atomic mass is 9.91. The predicted octanol–water partition coefficient (Wildman–Crippen LogP) is 4.02. The van der Waals surface area contributed by atoms with E-state index in [-0.39, 0.29) is 0 Å². The van der Waals surface area contributed by atoms with Crippen molar-refractivity contribution >= 4 is 38.4 Å². The van der Waals surface area contributed by atoms with Crippen LogP contribution >= 0.6 is 27.3 Å². The third-order valence-electron chi connectivity index (χ3n) is 3.64. The molecule has 1 aromatic heterocycles. The van der Waals surface area contributed by atoms with Gasteiger partial charge in [-0.25, -0.2) is 4.98 Å². The first kappa shape index (κ1) is 14.5. The van der Waals surface area contributed by atoms with Gasteiger partial charge in [0.2, 0.25) is 0 Å². The standard InChI is InChI=1S/C15H15BrN2O2S/c16-11-6-2-1-4-9(11)8-17-15-18-13-10(14(19)20)5-3-7-12(13)21-15/h1-2,4,6,10H,3,5,7-8H2,(H,17,18)(H,19,20). The molecular weight excluding hydrogens is 352 g/mol. The summed E-state index contributed by atoms with van der Waals surface area (Å²) in [6.45, 7) is 0.672. The molecule has 1 aliphatic carbocycles. The molecule has 1 aromatic carbocycles. The maximum Gasteiger partial charge on any atom is 0.312 e. The summed E-state index contributed by atoms with van der Waals surface area (Å²) in [7, 11) is 0. The Hall–Kier alpha value is -1.40. The molecule has 110 valence electrons. The first-order valence-corrected chi connectivity index (χ1v) is 8.46. The van der Waals surface area contributed by atoms with Gasteiger partial charge in [-0.05, 0) is 30.9 Å². The number of hydrogen-bond donors (Lipinski definition) is 2. The topological polar surface area (TPSA) is 62.2 Å². The van der Waals surface area contributed by atoms with Gasteiger partial charge in [0.15, 0.2) is 5.13 Å².